The first-order valence-electron chi connectivity index (χ1n) is 27.9. The monoisotopic (exact) mass is 1060 g/mol. The van der Waals surface area contributed by atoms with Gasteiger partial charge in [0.05, 0.1) is 34.8 Å². The summed E-state index contributed by atoms with van der Waals surface area (Å²) in [6.07, 6.45) is 6.78. The Bertz CT molecular complexity index is 3500. The van der Waals surface area contributed by atoms with Crippen molar-refractivity contribution in [2.24, 2.45) is 17.6 Å². The molecule has 0 amide bonds. The molecule has 0 spiro atoms. The van der Waals surface area contributed by atoms with Gasteiger partial charge in [-0.2, -0.15) is 10.2 Å². The molecule has 0 bridgehead atoms. The minimum absolute atomic E-state index is 0. The van der Waals surface area contributed by atoms with Crippen molar-refractivity contribution in [1.29, 1.82) is 0 Å². The second-order valence-electron chi connectivity index (χ2n) is 21.5. The molecule has 10 aromatic rings. The SMILES string of the molecule is CCc1cccc(-n2nc(C)cc2C(=O)Cc2cccc(C(NCC3CC3)c3cccc4ccccc34)c2)c1.Cc1cc(C(=O)Cc2cccc(C(NCC3CC3)c3cccc4ccccc34)c2)n(-c2cccc(CN)c2)n1.Cl. The van der Waals surface area contributed by atoms with Gasteiger partial charge in [0.25, 0.3) is 0 Å². The summed E-state index contributed by atoms with van der Waals surface area (Å²) < 4.78 is 3.55. The molecular formula is C69H70ClN7O2. The number of carbonyl (C=O) groups is 2. The Morgan fingerprint density at radius 3 is 1.37 bits per heavy atom. The van der Waals surface area contributed by atoms with Crippen molar-refractivity contribution in [3.63, 3.8) is 0 Å². The summed E-state index contributed by atoms with van der Waals surface area (Å²) >= 11 is 0. The fourth-order valence-corrected chi connectivity index (χ4v) is 10.9. The molecule has 79 heavy (non-hydrogen) atoms. The third-order valence-corrected chi connectivity index (χ3v) is 15.4. The fraction of sp³-hybridized carbons (Fsp3) is 0.246. The Morgan fingerprint density at radius 1 is 0.506 bits per heavy atom. The van der Waals surface area contributed by atoms with E-state index in [1.54, 1.807) is 9.36 Å². The molecule has 9 nitrogen and oxygen atoms in total. The molecule has 0 saturated heterocycles. The van der Waals surface area contributed by atoms with Gasteiger partial charge in [0.2, 0.25) is 0 Å². The minimum Gasteiger partial charge on any atom is -0.326 e. The number of nitrogens with one attached hydrogen (secondary N) is 2. The molecular weight excluding hydrogens is 994 g/mol. The van der Waals surface area contributed by atoms with E-state index >= 15 is 0 Å². The number of nitrogens with zero attached hydrogens (tertiary/aromatic N) is 4. The number of hydrogen-bond donors (Lipinski definition) is 3. The number of carbonyl (C=O) groups excluding carboxylic acids is 2. The largest absolute Gasteiger partial charge is 0.326 e. The van der Waals surface area contributed by atoms with Gasteiger partial charge in [0.1, 0.15) is 11.4 Å². The van der Waals surface area contributed by atoms with Crippen molar-refractivity contribution in [2.75, 3.05) is 13.1 Å². The molecule has 2 aliphatic rings. The molecule has 2 heterocycles. The molecule has 10 heteroatoms. The van der Waals surface area contributed by atoms with Gasteiger partial charge in [-0.25, -0.2) is 9.36 Å². The summed E-state index contributed by atoms with van der Waals surface area (Å²) in [6, 6.07) is 67.3. The smallest absolute Gasteiger partial charge is 0.185 e. The number of ketones is 2. The zero-order chi connectivity index (χ0) is 53.5. The normalized spacial score (nSPS) is 13.8. The lowest BCUT2D eigenvalue weighted by atomic mass is 9.92. The average Bonchev–Trinajstić information content (AvgIpc) is 4.44. The second-order valence-corrected chi connectivity index (χ2v) is 21.5. The number of benzene rings is 8. The summed E-state index contributed by atoms with van der Waals surface area (Å²) in [5.74, 6) is 1.64. The van der Waals surface area contributed by atoms with Crippen molar-refractivity contribution in [2.45, 2.75) is 84.3 Å². The van der Waals surface area contributed by atoms with Crippen LogP contribution in [0.1, 0.15) is 122 Å². The predicted molar refractivity (Wildman–Crippen MR) is 323 cm³/mol. The van der Waals surface area contributed by atoms with Gasteiger partial charge in [-0.1, -0.05) is 165 Å². The Labute approximate surface area is 470 Å². The van der Waals surface area contributed by atoms with E-state index in [1.165, 1.54) is 75.0 Å². The Balaban J connectivity index is 0.000000176. The topological polar surface area (TPSA) is 120 Å². The number of rotatable bonds is 20. The van der Waals surface area contributed by atoms with Crippen LogP contribution in [0.15, 0.2) is 194 Å². The van der Waals surface area contributed by atoms with Crippen LogP contribution in [-0.4, -0.2) is 44.2 Å². The van der Waals surface area contributed by atoms with E-state index < -0.39 is 0 Å². The van der Waals surface area contributed by atoms with Crippen molar-refractivity contribution in [3.8, 4) is 11.4 Å². The van der Waals surface area contributed by atoms with E-state index in [2.05, 4.69) is 167 Å². The Kier molecular flexibility index (Phi) is 17.2. The number of fused-ring (bicyclic) bond motifs is 2. The molecule has 2 unspecified atom stereocenters. The van der Waals surface area contributed by atoms with Gasteiger partial charge < -0.3 is 16.4 Å². The summed E-state index contributed by atoms with van der Waals surface area (Å²) in [5.41, 5.74) is 19.7. The summed E-state index contributed by atoms with van der Waals surface area (Å²) in [4.78, 5) is 27.3. The van der Waals surface area contributed by atoms with Gasteiger partial charge in [-0.15, -0.1) is 12.4 Å². The minimum atomic E-state index is 0. The first-order chi connectivity index (χ1) is 38.2. The maximum absolute atomic E-state index is 13.6. The third-order valence-electron chi connectivity index (χ3n) is 15.4. The molecule has 8 aromatic carbocycles. The van der Waals surface area contributed by atoms with Crippen molar-refractivity contribution < 1.29 is 9.59 Å². The van der Waals surface area contributed by atoms with E-state index in [0.29, 0.717) is 30.8 Å². The van der Waals surface area contributed by atoms with Crippen LogP contribution >= 0.6 is 12.4 Å². The highest BCUT2D eigenvalue weighted by molar-refractivity contribution is 5.97. The standard InChI is InChI=1S/C35H35N3O.C34H34N4O.ClH/c1-3-25-9-7-14-30(21-25)38-33(19-24(2)37-38)34(39)22-27-10-6-13-29(20-27)35(36-23-26-17-18-26)32-16-8-12-28-11-4-5-15-31(28)32;1-23-17-32(38(37-23)29-12-5-8-26(19-29)21-35)33(39)20-25-7-4-11-28(18-25)34(36-22-24-15-16-24)31-14-6-10-27-9-2-3-13-30(27)31;/h4-16,19-21,26,35-36H,3,17-18,22-23H2,1-2H3;2-14,17-19,24,34,36H,15-16,20-22,35H2,1H3;1H. The molecule has 400 valence electrons. The van der Waals surface area contributed by atoms with Crippen LogP contribution in [0.25, 0.3) is 32.9 Å². The number of hydrogen-bond acceptors (Lipinski definition) is 7. The third kappa shape index (κ3) is 13.1. The molecule has 12 rings (SSSR count). The Morgan fingerprint density at radius 2 is 0.911 bits per heavy atom. The highest BCUT2D eigenvalue weighted by Gasteiger charge is 2.27. The maximum atomic E-state index is 13.6. The number of Topliss-reactive ketones (excluding diaryl/α,β-unsaturated/α-hetero) is 2. The average molecular weight is 1060 g/mol. The van der Waals surface area contributed by atoms with Crippen LogP contribution in [0.3, 0.4) is 0 Å². The van der Waals surface area contributed by atoms with Gasteiger partial charge in [-0.05, 0) is 173 Å². The van der Waals surface area contributed by atoms with E-state index in [9.17, 15) is 9.59 Å². The predicted octanol–water partition coefficient (Wildman–Crippen LogP) is 14.1. The van der Waals surface area contributed by atoms with Gasteiger partial charge in [0, 0.05) is 19.4 Å². The lowest BCUT2D eigenvalue weighted by molar-refractivity contribution is 0.0977. The first kappa shape index (κ1) is 54.6. The molecule has 0 aliphatic heterocycles. The van der Waals surface area contributed by atoms with Crippen LogP contribution in [0.2, 0.25) is 0 Å². The van der Waals surface area contributed by atoms with Crippen LogP contribution in [0.4, 0.5) is 0 Å². The highest BCUT2D eigenvalue weighted by atomic mass is 35.5. The Hall–Kier alpha value is -7.79. The molecule has 2 aromatic heterocycles. The molecule has 2 atom stereocenters. The van der Waals surface area contributed by atoms with Crippen LogP contribution < -0.4 is 16.4 Å². The summed E-state index contributed by atoms with van der Waals surface area (Å²) in [7, 11) is 0. The van der Waals surface area contributed by atoms with E-state index in [1.807, 2.05) is 68.4 Å². The number of halogens is 1. The van der Waals surface area contributed by atoms with Crippen molar-refractivity contribution >= 4 is 45.5 Å². The lowest BCUT2D eigenvalue weighted by Gasteiger charge is -2.22. The zero-order valence-corrected chi connectivity index (χ0v) is 46.3. The quantitative estimate of drug-likeness (QED) is 0.0650. The lowest BCUT2D eigenvalue weighted by Crippen LogP contribution is -2.25. The van der Waals surface area contributed by atoms with E-state index in [0.717, 1.165) is 70.8 Å². The van der Waals surface area contributed by atoms with Crippen LogP contribution in [-0.2, 0) is 25.8 Å². The number of nitrogens with two attached hydrogens (primary N) is 1. The zero-order valence-electron chi connectivity index (χ0n) is 45.4. The molecule has 2 aliphatic carbocycles. The fourth-order valence-electron chi connectivity index (χ4n) is 10.9. The summed E-state index contributed by atoms with van der Waals surface area (Å²) in [6.45, 7) is 8.44. The second kappa shape index (κ2) is 24.9. The highest BCUT2D eigenvalue weighted by Crippen LogP contribution is 2.35. The number of aromatic nitrogens is 4. The van der Waals surface area contributed by atoms with Crippen LogP contribution in [0.5, 0.6) is 0 Å². The van der Waals surface area contributed by atoms with E-state index in [4.69, 9.17) is 5.73 Å². The van der Waals surface area contributed by atoms with Gasteiger partial charge in [-0.3, -0.25) is 9.59 Å². The van der Waals surface area contributed by atoms with Gasteiger partial charge in [0.15, 0.2) is 11.6 Å². The van der Waals surface area contributed by atoms with Crippen molar-refractivity contribution in [3.05, 3.63) is 261 Å². The molecule has 2 saturated carbocycles. The van der Waals surface area contributed by atoms with Crippen molar-refractivity contribution in [1.82, 2.24) is 30.2 Å². The van der Waals surface area contributed by atoms with E-state index in [-0.39, 0.29) is 36.1 Å². The first-order valence-corrected chi connectivity index (χ1v) is 27.9. The molecule has 4 N–H and O–H groups in total. The van der Waals surface area contributed by atoms with Gasteiger partial charge >= 0.3 is 0 Å². The number of aryl methyl sites for hydroxylation is 3. The maximum Gasteiger partial charge on any atom is 0.185 e. The van der Waals surface area contributed by atoms with Crippen LogP contribution in [0, 0.1) is 25.7 Å². The molecule has 0 radical (unpaired) electrons. The molecule has 2 fully saturated rings. The summed E-state index contributed by atoms with van der Waals surface area (Å²) in [5, 5.41) is 22.0.